The molecule has 3 atom stereocenters. The monoisotopic (exact) mass is 273 g/mol. The number of rotatable bonds is 4. The summed E-state index contributed by atoms with van der Waals surface area (Å²) in [6.45, 7) is 0. The van der Waals surface area contributed by atoms with Crippen LogP contribution in [0.5, 0.6) is 0 Å². The zero-order valence-electron chi connectivity index (χ0n) is 11.1. The minimum atomic E-state index is -0.809. The molecule has 104 valence electrons. The van der Waals surface area contributed by atoms with Crippen LogP contribution in [0.3, 0.4) is 0 Å². The number of hydrogen-bond acceptors (Lipinski definition) is 1. The molecule has 0 amide bonds. The highest BCUT2D eigenvalue weighted by Crippen LogP contribution is 2.49. The standard InChI is InChI=1S/C17H17F2N/c18-15-7-6-11(8-16(15)19)9-17(20)14-10-13(14)12-4-2-1-3-5-12/h1-8,13-14,17H,9-10,20H2. The van der Waals surface area contributed by atoms with Gasteiger partial charge in [-0.1, -0.05) is 36.4 Å². The summed E-state index contributed by atoms with van der Waals surface area (Å²) < 4.78 is 26.1. The Morgan fingerprint density at radius 2 is 1.80 bits per heavy atom. The van der Waals surface area contributed by atoms with E-state index >= 15 is 0 Å². The molecule has 0 saturated heterocycles. The molecular weight excluding hydrogens is 256 g/mol. The van der Waals surface area contributed by atoms with Crippen LogP contribution < -0.4 is 5.73 Å². The molecule has 1 aliphatic rings. The van der Waals surface area contributed by atoms with Crippen molar-refractivity contribution in [1.29, 1.82) is 0 Å². The predicted octanol–water partition coefficient (Wildman–Crippen LogP) is 3.64. The second-order valence-electron chi connectivity index (χ2n) is 5.53. The van der Waals surface area contributed by atoms with Gasteiger partial charge in [0.25, 0.3) is 0 Å². The normalized spacial score (nSPS) is 22.6. The largest absolute Gasteiger partial charge is 0.327 e. The van der Waals surface area contributed by atoms with Crippen LogP contribution in [0.25, 0.3) is 0 Å². The fraction of sp³-hybridized carbons (Fsp3) is 0.294. The zero-order valence-corrected chi connectivity index (χ0v) is 11.1. The van der Waals surface area contributed by atoms with E-state index in [0.29, 0.717) is 18.3 Å². The second-order valence-corrected chi connectivity index (χ2v) is 5.53. The van der Waals surface area contributed by atoms with E-state index in [0.717, 1.165) is 12.0 Å². The van der Waals surface area contributed by atoms with E-state index in [2.05, 4.69) is 12.1 Å². The number of halogens is 2. The van der Waals surface area contributed by atoms with Crippen LogP contribution in [0.4, 0.5) is 8.78 Å². The van der Waals surface area contributed by atoms with Crippen molar-refractivity contribution >= 4 is 0 Å². The number of hydrogen-bond donors (Lipinski definition) is 1. The summed E-state index contributed by atoms with van der Waals surface area (Å²) in [4.78, 5) is 0. The van der Waals surface area contributed by atoms with Crippen molar-refractivity contribution < 1.29 is 8.78 Å². The highest BCUT2D eigenvalue weighted by atomic mass is 19.2. The van der Waals surface area contributed by atoms with Gasteiger partial charge in [-0.15, -0.1) is 0 Å². The van der Waals surface area contributed by atoms with Crippen LogP contribution in [0.1, 0.15) is 23.5 Å². The molecule has 1 fully saturated rings. The van der Waals surface area contributed by atoms with E-state index in [9.17, 15) is 8.78 Å². The van der Waals surface area contributed by atoms with Gasteiger partial charge in [-0.3, -0.25) is 0 Å². The summed E-state index contributed by atoms with van der Waals surface area (Å²) in [5.74, 6) is -0.664. The van der Waals surface area contributed by atoms with Gasteiger partial charge in [0.1, 0.15) is 0 Å². The van der Waals surface area contributed by atoms with Crippen molar-refractivity contribution in [3.8, 4) is 0 Å². The molecule has 0 radical (unpaired) electrons. The Morgan fingerprint density at radius 3 is 2.50 bits per heavy atom. The lowest BCUT2D eigenvalue weighted by molar-refractivity contribution is 0.504. The third kappa shape index (κ3) is 2.73. The summed E-state index contributed by atoms with van der Waals surface area (Å²) in [6, 6.07) is 14.3. The summed E-state index contributed by atoms with van der Waals surface area (Å²) >= 11 is 0. The van der Waals surface area contributed by atoms with Crippen LogP contribution in [-0.2, 0) is 6.42 Å². The Balaban J connectivity index is 1.63. The van der Waals surface area contributed by atoms with Crippen LogP contribution in [0, 0.1) is 17.6 Å². The van der Waals surface area contributed by atoms with Crippen LogP contribution in [0.15, 0.2) is 48.5 Å². The average molecular weight is 273 g/mol. The van der Waals surface area contributed by atoms with Crippen LogP contribution in [0.2, 0.25) is 0 Å². The van der Waals surface area contributed by atoms with Gasteiger partial charge >= 0.3 is 0 Å². The van der Waals surface area contributed by atoms with E-state index in [1.807, 2.05) is 18.2 Å². The summed E-state index contributed by atoms with van der Waals surface area (Å²) in [5, 5.41) is 0. The molecule has 0 bridgehead atoms. The Morgan fingerprint density at radius 1 is 1.05 bits per heavy atom. The maximum atomic E-state index is 13.2. The van der Waals surface area contributed by atoms with Gasteiger partial charge in [0.15, 0.2) is 11.6 Å². The zero-order chi connectivity index (χ0) is 14.1. The summed E-state index contributed by atoms with van der Waals surface area (Å²) in [6.07, 6.45) is 1.67. The molecule has 1 nitrogen and oxygen atoms in total. The lowest BCUT2D eigenvalue weighted by Gasteiger charge is -2.12. The second kappa shape index (κ2) is 5.33. The quantitative estimate of drug-likeness (QED) is 0.904. The lowest BCUT2D eigenvalue weighted by Crippen LogP contribution is -2.26. The fourth-order valence-corrected chi connectivity index (χ4v) is 2.86. The Labute approximate surface area is 117 Å². The first-order chi connectivity index (χ1) is 9.65. The van der Waals surface area contributed by atoms with Gasteiger partial charge in [-0.25, -0.2) is 8.78 Å². The van der Waals surface area contributed by atoms with E-state index in [1.54, 1.807) is 6.07 Å². The highest BCUT2D eigenvalue weighted by molar-refractivity contribution is 5.27. The molecule has 1 aliphatic carbocycles. The van der Waals surface area contributed by atoms with Crippen molar-refractivity contribution in [2.75, 3.05) is 0 Å². The molecule has 0 aliphatic heterocycles. The molecule has 20 heavy (non-hydrogen) atoms. The van der Waals surface area contributed by atoms with Gasteiger partial charge in [-0.05, 0) is 47.9 Å². The lowest BCUT2D eigenvalue weighted by atomic mass is 9.99. The predicted molar refractivity (Wildman–Crippen MR) is 75.3 cm³/mol. The maximum Gasteiger partial charge on any atom is 0.159 e. The van der Waals surface area contributed by atoms with E-state index in [4.69, 9.17) is 5.73 Å². The van der Waals surface area contributed by atoms with Crippen molar-refractivity contribution in [1.82, 2.24) is 0 Å². The highest BCUT2D eigenvalue weighted by Gasteiger charge is 2.42. The molecule has 0 aromatic heterocycles. The maximum absolute atomic E-state index is 13.2. The Hall–Kier alpha value is -1.74. The van der Waals surface area contributed by atoms with Crippen molar-refractivity contribution in [3.63, 3.8) is 0 Å². The van der Waals surface area contributed by atoms with Gasteiger partial charge in [0, 0.05) is 6.04 Å². The van der Waals surface area contributed by atoms with Gasteiger partial charge in [0.05, 0.1) is 0 Å². The SMILES string of the molecule is NC(Cc1ccc(F)c(F)c1)C1CC1c1ccccc1. The van der Waals surface area contributed by atoms with Crippen molar-refractivity contribution in [2.45, 2.75) is 24.8 Å². The first-order valence-corrected chi connectivity index (χ1v) is 6.89. The minimum absolute atomic E-state index is 0.00920. The van der Waals surface area contributed by atoms with E-state index in [1.165, 1.54) is 17.7 Å². The van der Waals surface area contributed by atoms with Crippen molar-refractivity contribution in [3.05, 3.63) is 71.3 Å². The van der Waals surface area contributed by atoms with Crippen LogP contribution >= 0.6 is 0 Å². The Bertz CT molecular complexity index is 597. The van der Waals surface area contributed by atoms with Gasteiger partial charge in [0.2, 0.25) is 0 Å². The number of nitrogens with two attached hydrogens (primary N) is 1. The topological polar surface area (TPSA) is 26.0 Å². The summed E-state index contributed by atoms with van der Waals surface area (Å²) in [5.41, 5.74) is 8.29. The first-order valence-electron chi connectivity index (χ1n) is 6.89. The molecule has 0 heterocycles. The number of benzene rings is 2. The third-order valence-corrected chi connectivity index (χ3v) is 4.07. The molecule has 3 heteroatoms. The molecule has 3 unspecified atom stereocenters. The average Bonchev–Trinajstić information content (AvgIpc) is 3.24. The molecule has 1 saturated carbocycles. The minimum Gasteiger partial charge on any atom is -0.327 e. The molecular formula is C17H17F2N. The van der Waals surface area contributed by atoms with Gasteiger partial charge in [-0.2, -0.15) is 0 Å². The molecule has 3 rings (SSSR count). The first kappa shape index (κ1) is 13.3. The third-order valence-electron chi connectivity index (χ3n) is 4.07. The summed E-state index contributed by atoms with van der Waals surface area (Å²) in [7, 11) is 0. The van der Waals surface area contributed by atoms with Crippen LogP contribution in [-0.4, -0.2) is 6.04 Å². The molecule has 0 spiro atoms. The van der Waals surface area contributed by atoms with Crippen molar-refractivity contribution in [2.24, 2.45) is 11.7 Å². The smallest absolute Gasteiger partial charge is 0.159 e. The fourth-order valence-electron chi connectivity index (χ4n) is 2.86. The van der Waals surface area contributed by atoms with Gasteiger partial charge < -0.3 is 5.73 Å². The Kier molecular flexibility index (Phi) is 3.53. The molecule has 2 aromatic carbocycles. The van der Waals surface area contributed by atoms with E-state index in [-0.39, 0.29) is 6.04 Å². The molecule has 2 N–H and O–H groups in total. The van der Waals surface area contributed by atoms with E-state index < -0.39 is 11.6 Å². The molecule has 2 aromatic rings.